The summed E-state index contributed by atoms with van der Waals surface area (Å²) in [5.74, 6) is 0.0552. The minimum atomic E-state index is -1.57. The number of benzene rings is 2. The van der Waals surface area contributed by atoms with E-state index in [2.05, 4.69) is 0 Å². The second-order valence-electron chi connectivity index (χ2n) is 4.39. The first-order valence-corrected chi connectivity index (χ1v) is 10.3. The third-order valence-corrected chi connectivity index (χ3v) is 6.03. The molecule has 0 saturated heterocycles. The molecule has 0 radical (unpaired) electrons. The molecule has 122 valence electrons. The van der Waals surface area contributed by atoms with Crippen LogP contribution in [0.2, 0.25) is 0 Å². The number of carbonyl (C=O) groups is 1. The molecule has 0 heterocycles. The van der Waals surface area contributed by atoms with Crippen LogP contribution in [0.25, 0.3) is 0 Å². The summed E-state index contributed by atoms with van der Waals surface area (Å²) in [7, 11) is 0. The van der Waals surface area contributed by atoms with Crippen LogP contribution < -0.4 is 4.74 Å². The first kappa shape index (κ1) is 19.7. The van der Waals surface area contributed by atoms with Crippen LogP contribution in [0.5, 0.6) is 17.2 Å². The molecule has 0 fully saturated rings. The van der Waals surface area contributed by atoms with Gasteiger partial charge in [0.25, 0.3) is 0 Å². The van der Waals surface area contributed by atoms with Crippen LogP contribution in [0.1, 0.15) is 11.7 Å². The number of aromatic hydroxyl groups is 1. The smallest absolute Gasteiger partial charge is 0.337 e. The van der Waals surface area contributed by atoms with Gasteiger partial charge in [0.05, 0.1) is 14.3 Å². The van der Waals surface area contributed by atoms with Gasteiger partial charge < -0.3 is 20.1 Å². The third-order valence-electron chi connectivity index (χ3n) is 2.78. The lowest BCUT2D eigenvalue weighted by atomic mass is 10.1. The summed E-state index contributed by atoms with van der Waals surface area (Å²) in [6.45, 7) is 0. The summed E-state index contributed by atoms with van der Waals surface area (Å²) in [6.07, 6.45) is -1.57. The Labute approximate surface area is 186 Å². The molecule has 0 bridgehead atoms. The molecule has 5 nitrogen and oxygen atoms in total. The Bertz CT molecular complexity index is 732. The van der Waals surface area contributed by atoms with Crippen molar-refractivity contribution >= 4 is 96.3 Å². The molecule has 0 aliphatic carbocycles. The molecule has 1 atom stereocenters. The van der Waals surface area contributed by atoms with Gasteiger partial charge >= 0.3 is 5.97 Å². The number of carboxylic acids is 1. The van der Waals surface area contributed by atoms with Crippen molar-refractivity contribution in [2.24, 2.45) is 0 Å². The van der Waals surface area contributed by atoms with Crippen LogP contribution in [-0.2, 0) is 4.79 Å². The van der Waals surface area contributed by atoms with Gasteiger partial charge in [0.2, 0.25) is 0 Å². The van der Waals surface area contributed by atoms with Gasteiger partial charge in [0.1, 0.15) is 11.5 Å². The van der Waals surface area contributed by atoms with Crippen LogP contribution in [0, 0.1) is 14.3 Å². The number of aliphatic carboxylic acids is 1. The van der Waals surface area contributed by atoms with E-state index >= 15 is 0 Å². The van der Waals surface area contributed by atoms with Gasteiger partial charge in [-0.1, -0.05) is 0 Å². The normalized spacial score (nSPS) is 12.0. The molecule has 2 rings (SSSR count). The largest absolute Gasteiger partial charge is 0.506 e. The van der Waals surface area contributed by atoms with Crippen molar-refractivity contribution in [3.8, 4) is 17.2 Å². The molecular weight excluding hydrogens is 756 g/mol. The number of halogens is 4. The Hall–Kier alpha value is 0.390. The van der Waals surface area contributed by atoms with Crippen molar-refractivity contribution in [2.45, 2.75) is 6.10 Å². The average molecular weight is 764 g/mol. The monoisotopic (exact) mass is 764 g/mol. The average Bonchev–Trinajstić information content (AvgIpc) is 2.47. The first-order chi connectivity index (χ1) is 10.7. The summed E-state index contributed by atoms with van der Waals surface area (Å²) in [6, 6.07) is 6.58. The van der Waals surface area contributed by atoms with E-state index < -0.39 is 12.1 Å². The Balaban J connectivity index is 2.40. The lowest BCUT2D eigenvalue weighted by molar-refractivity contribution is -0.146. The van der Waals surface area contributed by atoms with Crippen LogP contribution >= 0.6 is 90.4 Å². The number of phenols is 1. The zero-order valence-electron chi connectivity index (χ0n) is 11.1. The van der Waals surface area contributed by atoms with E-state index in [1.165, 1.54) is 0 Å². The molecule has 1 unspecified atom stereocenters. The van der Waals surface area contributed by atoms with E-state index in [1.54, 1.807) is 24.3 Å². The second kappa shape index (κ2) is 8.18. The zero-order valence-corrected chi connectivity index (χ0v) is 19.7. The molecule has 0 saturated carbocycles. The first-order valence-electron chi connectivity index (χ1n) is 5.96. The SMILES string of the molecule is O=C(O)C(O)c1cc(I)c(Oc2cc(I)c(O)c(I)c2)c(I)c1. The summed E-state index contributed by atoms with van der Waals surface area (Å²) in [5.41, 5.74) is 0.300. The van der Waals surface area contributed by atoms with Crippen molar-refractivity contribution in [3.05, 3.63) is 44.1 Å². The number of aliphatic hydroxyl groups is 1. The Morgan fingerprint density at radius 3 is 1.87 bits per heavy atom. The molecule has 9 heteroatoms. The zero-order chi connectivity index (χ0) is 17.3. The number of hydrogen-bond donors (Lipinski definition) is 3. The molecule has 2 aromatic rings. The summed E-state index contributed by atoms with van der Waals surface area (Å²) < 4.78 is 8.60. The number of aliphatic hydroxyl groups excluding tert-OH is 1. The molecule has 0 aliphatic rings. The number of ether oxygens (including phenoxy) is 1. The molecule has 23 heavy (non-hydrogen) atoms. The van der Waals surface area contributed by atoms with Gasteiger partial charge in [-0.2, -0.15) is 0 Å². The van der Waals surface area contributed by atoms with E-state index in [9.17, 15) is 15.0 Å². The van der Waals surface area contributed by atoms with Crippen LogP contribution in [-0.4, -0.2) is 21.3 Å². The van der Waals surface area contributed by atoms with Gasteiger partial charge in [-0.15, -0.1) is 0 Å². The minimum absolute atomic E-state index is 0.211. The fourth-order valence-electron chi connectivity index (χ4n) is 1.70. The summed E-state index contributed by atoms with van der Waals surface area (Å²) >= 11 is 8.10. The predicted molar refractivity (Wildman–Crippen MR) is 118 cm³/mol. The third kappa shape index (κ3) is 4.72. The lowest BCUT2D eigenvalue weighted by Crippen LogP contribution is -2.11. The van der Waals surface area contributed by atoms with Crippen LogP contribution in [0.3, 0.4) is 0 Å². The topological polar surface area (TPSA) is 87.0 Å². The molecule has 2 aromatic carbocycles. The molecule has 3 N–H and O–H groups in total. The van der Waals surface area contributed by atoms with Crippen LogP contribution in [0.4, 0.5) is 0 Å². The lowest BCUT2D eigenvalue weighted by Gasteiger charge is -2.14. The fourth-order valence-corrected chi connectivity index (χ4v) is 5.44. The highest BCUT2D eigenvalue weighted by Crippen LogP contribution is 2.37. The van der Waals surface area contributed by atoms with E-state index in [0.29, 0.717) is 31.3 Å². The Morgan fingerprint density at radius 2 is 1.43 bits per heavy atom. The number of hydrogen-bond acceptors (Lipinski definition) is 4. The van der Waals surface area contributed by atoms with Gasteiger partial charge in [-0.3, -0.25) is 0 Å². The maximum Gasteiger partial charge on any atom is 0.337 e. The highest BCUT2D eigenvalue weighted by molar-refractivity contribution is 14.1. The molecule has 0 amide bonds. The Morgan fingerprint density at radius 1 is 0.957 bits per heavy atom. The fraction of sp³-hybridized carbons (Fsp3) is 0.0714. The Kier molecular flexibility index (Phi) is 7.01. The van der Waals surface area contributed by atoms with Gasteiger partial charge in [-0.05, 0) is 120 Å². The maximum absolute atomic E-state index is 10.9. The van der Waals surface area contributed by atoms with Gasteiger partial charge in [-0.25, -0.2) is 4.79 Å². The minimum Gasteiger partial charge on any atom is -0.506 e. The van der Waals surface area contributed by atoms with E-state index in [0.717, 1.165) is 0 Å². The maximum atomic E-state index is 10.9. The van der Waals surface area contributed by atoms with Gasteiger partial charge in [0, 0.05) is 0 Å². The molecular formula is C14H8I4O5. The van der Waals surface area contributed by atoms with Crippen LogP contribution in [0.15, 0.2) is 24.3 Å². The highest BCUT2D eigenvalue weighted by atomic mass is 127. The van der Waals surface area contributed by atoms with E-state index in [1.807, 2.05) is 90.4 Å². The van der Waals surface area contributed by atoms with Gasteiger partial charge in [0.15, 0.2) is 11.9 Å². The molecule has 0 aliphatic heterocycles. The van der Waals surface area contributed by atoms with Crippen molar-refractivity contribution in [1.82, 2.24) is 0 Å². The summed E-state index contributed by atoms with van der Waals surface area (Å²) in [4.78, 5) is 10.9. The molecule has 0 spiro atoms. The van der Waals surface area contributed by atoms with Crippen molar-refractivity contribution in [3.63, 3.8) is 0 Å². The quantitative estimate of drug-likeness (QED) is 0.393. The number of carboxylic acid groups (broad SMARTS) is 1. The predicted octanol–water partition coefficient (Wildman–Crippen LogP) is 4.72. The molecule has 0 aromatic heterocycles. The standard InChI is InChI=1S/C14H8I4O5/c15-7-3-6(4-8(16)12(7)20)23-13-9(17)1-5(2-10(13)18)11(19)14(21)22/h1-4,11,19-20H,(H,21,22). The van der Waals surface area contributed by atoms with Crippen molar-refractivity contribution < 1.29 is 24.9 Å². The highest BCUT2D eigenvalue weighted by Gasteiger charge is 2.20. The summed E-state index contributed by atoms with van der Waals surface area (Å²) in [5, 5.41) is 28.3. The van der Waals surface area contributed by atoms with E-state index in [4.69, 9.17) is 9.84 Å². The number of phenolic OH excluding ortho intramolecular Hbond substituents is 1. The van der Waals surface area contributed by atoms with Crippen molar-refractivity contribution in [1.29, 1.82) is 0 Å². The number of rotatable bonds is 4. The van der Waals surface area contributed by atoms with Crippen molar-refractivity contribution in [2.75, 3.05) is 0 Å². The second-order valence-corrected chi connectivity index (χ2v) is 9.04. The van der Waals surface area contributed by atoms with E-state index in [-0.39, 0.29) is 5.75 Å².